The summed E-state index contributed by atoms with van der Waals surface area (Å²) in [6.07, 6.45) is 2.17. The molecule has 1 aliphatic heterocycles. The van der Waals surface area contributed by atoms with Gasteiger partial charge in [-0.05, 0) is 38.0 Å². The first kappa shape index (κ1) is 18.2. The molecule has 0 N–H and O–H groups in total. The highest BCUT2D eigenvalue weighted by Crippen LogP contribution is 2.24. The predicted molar refractivity (Wildman–Crippen MR) is 107 cm³/mol. The van der Waals surface area contributed by atoms with E-state index in [0.717, 1.165) is 37.6 Å². The average Bonchev–Trinajstić information content (AvgIpc) is 2.95. The Bertz CT molecular complexity index is 768. The largest absolute Gasteiger partial charge is 0.338 e. The number of rotatable bonds is 6. The Labute approximate surface area is 156 Å². The van der Waals surface area contributed by atoms with Crippen LogP contribution in [0.25, 0.3) is 0 Å². The van der Waals surface area contributed by atoms with Crippen LogP contribution in [0.4, 0.5) is 5.69 Å². The quantitative estimate of drug-likeness (QED) is 0.775. The monoisotopic (exact) mass is 349 g/mol. The van der Waals surface area contributed by atoms with Gasteiger partial charge in [-0.1, -0.05) is 61.4 Å². The molecule has 26 heavy (non-hydrogen) atoms. The van der Waals surface area contributed by atoms with Crippen LogP contribution in [-0.2, 0) is 11.3 Å². The van der Waals surface area contributed by atoms with E-state index in [1.807, 2.05) is 37.3 Å². The van der Waals surface area contributed by atoms with Gasteiger partial charge in [0.2, 0.25) is 5.96 Å². The molecule has 1 unspecified atom stereocenters. The lowest BCUT2D eigenvalue weighted by molar-refractivity contribution is -0.117. The second-order valence-electron chi connectivity index (χ2n) is 6.87. The van der Waals surface area contributed by atoms with Crippen molar-refractivity contribution in [3.8, 4) is 0 Å². The minimum Gasteiger partial charge on any atom is -0.338 e. The molecule has 1 aliphatic rings. The number of carbonyl (C=O) groups is 1. The highest BCUT2D eigenvalue weighted by molar-refractivity contribution is 6.21. The fourth-order valence-electron chi connectivity index (χ4n) is 3.13. The Morgan fingerprint density at radius 1 is 1.08 bits per heavy atom. The van der Waals surface area contributed by atoms with Crippen LogP contribution >= 0.6 is 0 Å². The van der Waals surface area contributed by atoms with Crippen molar-refractivity contribution in [1.29, 1.82) is 0 Å². The van der Waals surface area contributed by atoms with Crippen LogP contribution in [0.3, 0.4) is 0 Å². The minimum atomic E-state index is -0.341. The van der Waals surface area contributed by atoms with E-state index >= 15 is 0 Å². The van der Waals surface area contributed by atoms with Gasteiger partial charge in [-0.15, -0.1) is 0 Å². The lowest BCUT2D eigenvalue weighted by atomic mass is 10.2. The number of amides is 1. The van der Waals surface area contributed by atoms with Crippen molar-refractivity contribution in [1.82, 2.24) is 4.90 Å². The van der Waals surface area contributed by atoms with Gasteiger partial charge in [0.25, 0.3) is 5.91 Å². The molecule has 136 valence electrons. The molecule has 1 heterocycles. The first-order valence-corrected chi connectivity index (χ1v) is 9.37. The Balaban J connectivity index is 1.92. The van der Waals surface area contributed by atoms with Gasteiger partial charge in [0.05, 0.1) is 5.69 Å². The van der Waals surface area contributed by atoms with E-state index in [1.165, 1.54) is 11.1 Å². The Kier molecular flexibility index (Phi) is 5.71. The van der Waals surface area contributed by atoms with Crippen LogP contribution < -0.4 is 4.90 Å². The summed E-state index contributed by atoms with van der Waals surface area (Å²) in [5.41, 5.74) is 3.29. The fraction of sp³-hybridized carbons (Fsp3) is 0.364. The molecule has 1 amide bonds. The topological polar surface area (TPSA) is 35.9 Å². The van der Waals surface area contributed by atoms with E-state index in [0.29, 0.717) is 0 Å². The lowest BCUT2D eigenvalue weighted by Gasteiger charge is -2.30. The summed E-state index contributed by atoms with van der Waals surface area (Å²) in [6, 6.07) is 18.1. The number of carbonyl (C=O) groups excluding carboxylic acids is 1. The van der Waals surface area contributed by atoms with Crippen molar-refractivity contribution in [2.75, 3.05) is 11.4 Å². The molecule has 0 spiro atoms. The molecule has 0 saturated heterocycles. The summed E-state index contributed by atoms with van der Waals surface area (Å²) in [7, 11) is 0. The van der Waals surface area contributed by atoms with Crippen molar-refractivity contribution in [3.05, 3.63) is 65.7 Å². The fourth-order valence-corrected chi connectivity index (χ4v) is 3.13. The Morgan fingerprint density at radius 3 is 2.42 bits per heavy atom. The van der Waals surface area contributed by atoms with Gasteiger partial charge in [-0.25, -0.2) is 9.89 Å². The standard InChI is InChI=1S/C22H27N3O/c1-4-5-15-24(16-19-9-7-6-8-10-19)22-23-18(3)21(26)25(22)20-13-11-17(2)12-14-20/h6-14,18H,4-5,15-16H2,1-3H3. The zero-order valence-corrected chi connectivity index (χ0v) is 15.9. The molecule has 4 heteroatoms. The number of hydrogen-bond donors (Lipinski definition) is 0. The summed E-state index contributed by atoms with van der Waals surface area (Å²) in [4.78, 5) is 21.6. The zero-order chi connectivity index (χ0) is 18.5. The van der Waals surface area contributed by atoms with Crippen LogP contribution in [0, 0.1) is 6.92 Å². The first-order chi connectivity index (χ1) is 12.6. The van der Waals surface area contributed by atoms with Crippen LogP contribution in [0.15, 0.2) is 59.6 Å². The molecule has 0 saturated carbocycles. The maximum absolute atomic E-state index is 12.8. The number of aryl methyl sites for hydroxylation is 1. The molecule has 0 aromatic heterocycles. The van der Waals surface area contributed by atoms with E-state index in [4.69, 9.17) is 4.99 Å². The van der Waals surface area contributed by atoms with Gasteiger partial charge in [-0.3, -0.25) is 4.79 Å². The third kappa shape index (κ3) is 3.96. The summed E-state index contributed by atoms with van der Waals surface area (Å²) in [5.74, 6) is 0.807. The zero-order valence-electron chi connectivity index (χ0n) is 15.9. The normalized spacial score (nSPS) is 16.7. The van der Waals surface area contributed by atoms with Gasteiger partial charge in [0.15, 0.2) is 0 Å². The summed E-state index contributed by atoms with van der Waals surface area (Å²) < 4.78 is 0. The second-order valence-corrected chi connectivity index (χ2v) is 6.87. The SMILES string of the molecule is CCCCN(Cc1ccccc1)C1=NC(C)C(=O)N1c1ccc(C)cc1. The molecule has 1 atom stereocenters. The van der Waals surface area contributed by atoms with E-state index in [2.05, 4.69) is 43.0 Å². The molecule has 0 fully saturated rings. The molecule has 0 aliphatic carbocycles. The van der Waals surface area contributed by atoms with Crippen LogP contribution in [0.2, 0.25) is 0 Å². The van der Waals surface area contributed by atoms with Gasteiger partial charge < -0.3 is 4.90 Å². The predicted octanol–water partition coefficient (Wildman–Crippen LogP) is 4.39. The first-order valence-electron chi connectivity index (χ1n) is 9.37. The van der Waals surface area contributed by atoms with Crippen molar-refractivity contribution in [2.24, 2.45) is 4.99 Å². The van der Waals surface area contributed by atoms with Gasteiger partial charge in [-0.2, -0.15) is 0 Å². The molecule has 0 radical (unpaired) electrons. The second kappa shape index (κ2) is 8.17. The molecule has 2 aromatic carbocycles. The van der Waals surface area contributed by atoms with Crippen molar-refractivity contribution in [2.45, 2.75) is 46.2 Å². The molecular weight excluding hydrogens is 322 g/mol. The lowest BCUT2D eigenvalue weighted by Crippen LogP contribution is -2.44. The van der Waals surface area contributed by atoms with Gasteiger partial charge in [0, 0.05) is 13.1 Å². The smallest absolute Gasteiger partial charge is 0.258 e. The van der Waals surface area contributed by atoms with Crippen molar-refractivity contribution < 1.29 is 4.79 Å². The number of unbranched alkanes of at least 4 members (excludes halogenated alkanes) is 1. The van der Waals surface area contributed by atoms with E-state index in [9.17, 15) is 4.79 Å². The van der Waals surface area contributed by atoms with Crippen molar-refractivity contribution >= 4 is 17.6 Å². The number of nitrogens with zero attached hydrogens (tertiary/aromatic N) is 3. The highest BCUT2D eigenvalue weighted by atomic mass is 16.2. The highest BCUT2D eigenvalue weighted by Gasteiger charge is 2.35. The Hall–Kier alpha value is -2.62. The van der Waals surface area contributed by atoms with Gasteiger partial charge >= 0.3 is 0 Å². The summed E-state index contributed by atoms with van der Waals surface area (Å²) in [5, 5.41) is 0. The molecule has 3 rings (SSSR count). The molecule has 4 nitrogen and oxygen atoms in total. The maximum atomic E-state index is 12.8. The number of hydrogen-bond acceptors (Lipinski definition) is 3. The van der Waals surface area contributed by atoms with Crippen LogP contribution in [0.5, 0.6) is 0 Å². The van der Waals surface area contributed by atoms with Gasteiger partial charge in [0.1, 0.15) is 6.04 Å². The van der Waals surface area contributed by atoms with Crippen LogP contribution in [-0.4, -0.2) is 29.4 Å². The Morgan fingerprint density at radius 2 is 1.77 bits per heavy atom. The van der Waals surface area contributed by atoms with Crippen LogP contribution in [0.1, 0.15) is 37.8 Å². The van der Waals surface area contributed by atoms with Crippen molar-refractivity contribution in [3.63, 3.8) is 0 Å². The minimum absolute atomic E-state index is 0.0402. The van der Waals surface area contributed by atoms with E-state index < -0.39 is 0 Å². The van der Waals surface area contributed by atoms with E-state index in [-0.39, 0.29) is 11.9 Å². The average molecular weight is 349 g/mol. The summed E-state index contributed by atoms with van der Waals surface area (Å²) in [6.45, 7) is 7.74. The molecular formula is C22H27N3O. The van der Waals surface area contributed by atoms with E-state index in [1.54, 1.807) is 4.90 Å². The molecule has 2 aromatic rings. The number of anilines is 1. The molecule has 0 bridgehead atoms. The number of benzene rings is 2. The number of aliphatic imine (C=N–C) groups is 1. The third-order valence-corrected chi connectivity index (χ3v) is 4.66. The summed E-state index contributed by atoms with van der Waals surface area (Å²) >= 11 is 0. The third-order valence-electron chi connectivity index (χ3n) is 4.66. The number of guanidine groups is 1. The maximum Gasteiger partial charge on any atom is 0.258 e.